The Bertz CT molecular complexity index is 1280. The number of ether oxygens (including phenoxy) is 2. The summed E-state index contributed by atoms with van der Waals surface area (Å²) in [5.74, 6) is -0.838. The van der Waals surface area contributed by atoms with Gasteiger partial charge in [0, 0.05) is 12.8 Å². The van der Waals surface area contributed by atoms with Gasteiger partial charge in [0.2, 0.25) is 0 Å². The molecule has 0 bridgehead atoms. The number of phosphoric acid groups is 1. The Kier molecular flexibility index (Phi) is 50.8. The molecule has 2 unspecified atom stereocenters. The first-order chi connectivity index (χ1) is 34.0. The van der Waals surface area contributed by atoms with Crippen molar-refractivity contribution >= 4 is 19.8 Å². The van der Waals surface area contributed by atoms with Crippen molar-refractivity contribution in [1.82, 2.24) is 0 Å². The first-order valence-corrected chi connectivity index (χ1v) is 31.2. The van der Waals surface area contributed by atoms with Gasteiger partial charge in [-0.1, -0.05) is 237 Å². The molecular formula is C60H114NO8P. The molecule has 412 valence electrons. The molecule has 0 rings (SSSR count). The number of quaternary nitrogens is 1. The summed E-state index contributed by atoms with van der Waals surface area (Å²) < 4.78 is 34.1. The van der Waals surface area contributed by atoms with Gasteiger partial charge in [-0.25, -0.2) is 0 Å². The quantitative estimate of drug-likeness (QED) is 0.0195. The largest absolute Gasteiger partial charge is 0.756 e. The zero-order valence-electron chi connectivity index (χ0n) is 46.7. The highest BCUT2D eigenvalue weighted by Crippen LogP contribution is 2.38. The highest BCUT2D eigenvalue weighted by Gasteiger charge is 2.22. The Hall–Kier alpha value is -1.77. The summed E-state index contributed by atoms with van der Waals surface area (Å²) in [4.78, 5) is 37.8. The summed E-state index contributed by atoms with van der Waals surface area (Å²) in [5.41, 5.74) is 0. The lowest BCUT2D eigenvalue weighted by Crippen LogP contribution is -2.37. The number of unbranched alkanes of at least 4 members (excludes halogenated alkanes) is 35. The van der Waals surface area contributed by atoms with Crippen LogP contribution in [0.25, 0.3) is 0 Å². The van der Waals surface area contributed by atoms with E-state index in [0.717, 1.165) is 57.8 Å². The molecule has 0 fully saturated rings. The molecule has 9 nitrogen and oxygen atoms in total. The summed E-state index contributed by atoms with van der Waals surface area (Å²) in [6, 6.07) is 0. The van der Waals surface area contributed by atoms with Crippen molar-refractivity contribution in [2.75, 3.05) is 47.5 Å². The molecule has 0 aliphatic rings. The average molecular weight is 1010 g/mol. The molecule has 10 heteroatoms. The monoisotopic (exact) mass is 1010 g/mol. The van der Waals surface area contributed by atoms with Crippen LogP contribution in [0.15, 0.2) is 36.5 Å². The molecule has 0 saturated heterocycles. The molecule has 0 saturated carbocycles. The normalized spacial score (nSPS) is 13.5. The maximum atomic E-state index is 12.7. The lowest BCUT2D eigenvalue weighted by atomic mass is 10.0. The van der Waals surface area contributed by atoms with E-state index in [2.05, 4.69) is 50.3 Å². The van der Waals surface area contributed by atoms with Crippen molar-refractivity contribution in [1.29, 1.82) is 0 Å². The van der Waals surface area contributed by atoms with Gasteiger partial charge in [0.05, 0.1) is 27.7 Å². The van der Waals surface area contributed by atoms with Crippen LogP contribution in [0.2, 0.25) is 0 Å². The number of carbonyl (C=O) groups excluding carboxylic acids is 2. The van der Waals surface area contributed by atoms with E-state index in [9.17, 15) is 19.0 Å². The number of rotatable bonds is 55. The molecule has 0 aromatic carbocycles. The molecule has 70 heavy (non-hydrogen) atoms. The zero-order chi connectivity index (χ0) is 51.3. The minimum absolute atomic E-state index is 0.0325. The third kappa shape index (κ3) is 55.5. The Morgan fingerprint density at radius 3 is 1.17 bits per heavy atom. The number of allylic oxidation sites excluding steroid dienone is 6. The standard InChI is InChI=1S/C60H114NO8P/c1-6-8-10-12-14-16-18-20-22-23-24-25-26-27-28-29-30-31-32-33-34-35-36-37-39-40-42-44-46-48-50-52-59(62)66-56-58(57-68-70(64,65)67-55-54-61(3,4)5)69-60(63)53-51-49-47-45-43-41-38-21-19-17-15-13-11-9-7-2/h15,17,21,23-24,38,58H,6-14,16,18-20,22,25-37,39-57H2,1-5H3/b17-15-,24-23-,38-21-. The van der Waals surface area contributed by atoms with Crippen LogP contribution in [0.3, 0.4) is 0 Å². The second-order valence-electron chi connectivity index (χ2n) is 21.4. The van der Waals surface area contributed by atoms with Gasteiger partial charge in [0.1, 0.15) is 19.8 Å². The van der Waals surface area contributed by atoms with E-state index in [0.29, 0.717) is 17.4 Å². The van der Waals surface area contributed by atoms with Crippen LogP contribution in [-0.2, 0) is 32.7 Å². The molecule has 2 atom stereocenters. The number of hydrogen-bond donors (Lipinski definition) is 0. The van der Waals surface area contributed by atoms with Crippen LogP contribution in [0.1, 0.15) is 284 Å². The van der Waals surface area contributed by atoms with Gasteiger partial charge in [0.15, 0.2) is 6.10 Å². The molecule has 0 aliphatic heterocycles. The fraction of sp³-hybridized carbons (Fsp3) is 0.867. The van der Waals surface area contributed by atoms with Gasteiger partial charge < -0.3 is 27.9 Å². The zero-order valence-corrected chi connectivity index (χ0v) is 47.6. The summed E-state index contributed by atoms with van der Waals surface area (Å²) >= 11 is 0. The number of likely N-dealkylation sites (N-methyl/N-ethyl adjacent to an activating group) is 1. The molecular weight excluding hydrogens is 894 g/mol. The second-order valence-corrected chi connectivity index (χ2v) is 22.8. The molecule has 0 spiro atoms. The van der Waals surface area contributed by atoms with Crippen molar-refractivity contribution in [3.8, 4) is 0 Å². The van der Waals surface area contributed by atoms with E-state index in [1.165, 1.54) is 193 Å². The van der Waals surface area contributed by atoms with E-state index in [4.69, 9.17) is 18.5 Å². The minimum Gasteiger partial charge on any atom is -0.756 e. The summed E-state index contributed by atoms with van der Waals surface area (Å²) in [6.45, 7) is 4.23. The molecule has 0 N–H and O–H groups in total. The van der Waals surface area contributed by atoms with Crippen molar-refractivity contribution in [2.45, 2.75) is 290 Å². The highest BCUT2D eigenvalue weighted by molar-refractivity contribution is 7.45. The maximum Gasteiger partial charge on any atom is 0.306 e. The van der Waals surface area contributed by atoms with Crippen LogP contribution >= 0.6 is 7.82 Å². The van der Waals surface area contributed by atoms with Crippen LogP contribution < -0.4 is 4.89 Å². The van der Waals surface area contributed by atoms with Gasteiger partial charge in [-0.05, 0) is 70.6 Å². The smallest absolute Gasteiger partial charge is 0.306 e. The van der Waals surface area contributed by atoms with Gasteiger partial charge >= 0.3 is 11.9 Å². The Balaban J connectivity index is 4.01. The van der Waals surface area contributed by atoms with Crippen molar-refractivity contribution in [3.05, 3.63) is 36.5 Å². The van der Waals surface area contributed by atoms with Crippen LogP contribution in [0.4, 0.5) is 0 Å². The van der Waals surface area contributed by atoms with Gasteiger partial charge in [0.25, 0.3) is 7.82 Å². The molecule has 0 aromatic heterocycles. The number of carbonyl (C=O) groups is 2. The predicted octanol–water partition coefficient (Wildman–Crippen LogP) is 17.7. The molecule has 0 heterocycles. The number of hydrogen-bond acceptors (Lipinski definition) is 8. The third-order valence-corrected chi connectivity index (χ3v) is 14.1. The van der Waals surface area contributed by atoms with Gasteiger partial charge in [-0.15, -0.1) is 0 Å². The minimum atomic E-state index is -4.63. The first kappa shape index (κ1) is 68.2. The van der Waals surface area contributed by atoms with Gasteiger partial charge in [-0.3, -0.25) is 14.2 Å². The van der Waals surface area contributed by atoms with E-state index in [1.807, 2.05) is 21.1 Å². The maximum absolute atomic E-state index is 12.7. The van der Waals surface area contributed by atoms with Gasteiger partial charge in [-0.2, -0.15) is 0 Å². The lowest BCUT2D eigenvalue weighted by Gasteiger charge is -2.28. The Morgan fingerprint density at radius 2 is 0.771 bits per heavy atom. The van der Waals surface area contributed by atoms with Crippen molar-refractivity contribution in [3.63, 3.8) is 0 Å². The lowest BCUT2D eigenvalue weighted by molar-refractivity contribution is -0.870. The summed E-state index contributed by atoms with van der Waals surface area (Å²) in [7, 11) is 1.16. The van der Waals surface area contributed by atoms with E-state index in [-0.39, 0.29) is 32.0 Å². The molecule has 0 radical (unpaired) electrons. The van der Waals surface area contributed by atoms with Crippen molar-refractivity contribution in [2.24, 2.45) is 0 Å². The number of phosphoric ester groups is 1. The third-order valence-electron chi connectivity index (χ3n) is 13.1. The molecule has 0 aromatic rings. The SMILES string of the molecule is CCCCC/C=C\C/C=C\CCCCCCCC(=O)OC(COC(=O)CCCCCCCCCCCCCCCCCCCCC/C=C\CCCCCCCCCC)COP(=O)([O-])OCC[N+](C)(C)C. The number of nitrogens with zero attached hydrogens (tertiary/aromatic N) is 1. The first-order valence-electron chi connectivity index (χ1n) is 29.7. The van der Waals surface area contributed by atoms with E-state index in [1.54, 1.807) is 0 Å². The van der Waals surface area contributed by atoms with E-state index >= 15 is 0 Å². The highest BCUT2D eigenvalue weighted by atomic mass is 31.2. The molecule has 0 aliphatic carbocycles. The van der Waals surface area contributed by atoms with Crippen LogP contribution in [-0.4, -0.2) is 70.0 Å². The van der Waals surface area contributed by atoms with Crippen molar-refractivity contribution < 1.29 is 42.1 Å². The number of esters is 2. The fourth-order valence-corrected chi connectivity index (χ4v) is 9.24. The van der Waals surface area contributed by atoms with Crippen LogP contribution in [0, 0.1) is 0 Å². The summed E-state index contributed by atoms with van der Waals surface area (Å²) in [5, 5.41) is 0. The molecule has 0 amide bonds. The fourth-order valence-electron chi connectivity index (χ4n) is 8.51. The predicted molar refractivity (Wildman–Crippen MR) is 296 cm³/mol. The van der Waals surface area contributed by atoms with Crippen LogP contribution in [0.5, 0.6) is 0 Å². The summed E-state index contributed by atoms with van der Waals surface area (Å²) in [6.07, 6.45) is 63.5. The Morgan fingerprint density at radius 1 is 0.443 bits per heavy atom. The second kappa shape index (κ2) is 52.1. The van der Waals surface area contributed by atoms with E-state index < -0.39 is 26.5 Å². The average Bonchev–Trinajstić information content (AvgIpc) is 3.32. The topological polar surface area (TPSA) is 111 Å². The Labute approximate surface area is 433 Å².